The summed E-state index contributed by atoms with van der Waals surface area (Å²) in [7, 11) is 0. The Balaban J connectivity index is 2.22. The van der Waals surface area contributed by atoms with Crippen LogP contribution in [0.4, 0.5) is 0 Å². The van der Waals surface area contributed by atoms with Gasteiger partial charge in [-0.2, -0.15) is 0 Å². The number of hydrogen-bond acceptors (Lipinski definition) is 3. The van der Waals surface area contributed by atoms with Gasteiger partial charge in [0.05, 0.1) is 6.61 Å². The van der Waals surface area contributed by atoms with Crippen molar-refractivity contribution in [2.45, 2.75) is 52.1 Å². The maximum absolute atomic E-state index is 9.28. The van der Waals surface area contributed by atoms with Gasteiger partial charge in [-0.05, 0) is 24.3 Å². The smallest absolute Gasteiger partial charge is 0.127 e. The number of nitrogens with one attached hydrogen (secondary N) is 1. The van der Waals surface area contributed by atoms with Gasteiger partial charge in [0.2, 0.25) is 0 Å². The van der Waals surface area contributed by atoms with Crippen molar-refractivity contribution in [3.8, 4) is 5.75 Å². The highest BCUT2D eigenvalue weighted by Gasteiger charge is 2.26. The summed E-state index contributed by atoms with van der Waals surface area (Å²) in [5, 5.41) is 12.9. The first-order chi connectivity index (χ1) is 9.54. The first kappa shape index (κ1) is 15.3. The Morgan fingerprint density at radius 3 is 2.70 bits per heavy atom. The molecule has 0 radical (unpaired) electrons. The molecule has 1 aliphatic heterocycles. The average molecular weight is 277 g/mol. The van der Waals surface area contributed by atoms with Gasteiger partial charge in [-0.15, -0.1) is 0 Å². The van der Waals surface area contributed by atoms with E-state index in [9.17, 15) is 5.11 Å². The molecule has 20 heavy (non-hydrogen) atoms. The molecule has 0 aromatic heterocycles. The molecule has 0 bridgehead atoms. The van der Waals surface area contributed by atoms with E-state index in [1.54, 1.807) is 0 Å². The first-order valence-corrected chi connectivity index (χ1v) is 7.67. The summed E-state index contributed by atoms with van der Waals surface area (Å²) in [6, 6.07) is 7.05. The van der Waals surface area contributed by atoms with Crippen molar-refractivity contribution < 1.29 is 9.84 Å². The molecule has 0 saturated heterocycles. The minimum atomic E-state index is 0.219. The van der Waals surface area contributed by atoms with E-state index in [1.807, 2.05) is 0 Å². The highest BCUT2D eigenvalue weighted by Crippen LogP contribution is 2.38. The van der Waals surface area contributed by atoms with E-state index >= 15 is 0 Å². The van der Waals surface area contributed by atoms with Crippen LogP contribution in [0.2, 0.25) is 0 Å². The summed E-state index contributed by atoms with van der Waals surface area (Å²) in [6.07, 6.45) is 0.983. The molecule has 1 aliphatic rings. The lowest BCUT2D eigenvalue weighted by molar-refractivity contribution is 0.186. The van der Waals surface area contributed by atoms with E-state index < -0.39 is 0 Å². The molecule has 0 amide bonds. The van der Waals surface area contributed by atoms with Crippen molar-refractivity contribution in [3.63, 3.8) is 0 Å². The monoisotopic (exact) mass is 277 g/mol. The van der Waals surface area contributed by atoms with Gasteiger partial charge in [-0.1, -0.05) is 39.0 Å². The highest BCUT2D eigenvalue weighted by molar-refractivity contribution is 5.46. The lowest BCUT2D eigenvalue weighted by Gasteiger charge is -2.32. The second-order valence-electron chi connectivity index (χ2n) is 6.23. The Kier molecular flexibility index (Phi) is 5.06. The summed E-state index contributed by atoms with van der Waals surface area (Å²) in [6.45, 7) is 9.59. The second-order valence-corrected chi connectivity index (χ2v) is 6.23. The maximum Gasteiger partial charge on any atom is 0.127 e. The fourth-order valence-corrected chi connectivity index (χ4v) is 2.72. The van der Waals surface area contributed by atoms with Crippen LogP contribution in [-0.4, -0.2) is 24.4 Å². The predicted octanol–water partition coefficient (Wildman–Crippen LogP) is 3.24. The molecule has 0 fully saturated rings. The molecular formula is C17H27NO2. The number of hydrogen-bond donors (Lipinski definition) is 2. The standard InChI is InChI=1S/C17H27NO2/c1-11(2)14-6-5-7-15-16(8-9-20-17(14)15)18-13(4)12(3)10-19/h5-7,11-13,16,18-19H,8-10H2,1-4H3. The van der Waals surface area contributed by atoms with Crippen molar-refractivity contribution >= 4 is 0 Å². The third-order valence-electron chi connectivity index (χ3n) is 4.33. The van der Waals surface area contributed by atoms with Gasteiger partial charge in [0.1, 0.15) is 5.75 Å². The highest BCUT2D eigenvalue weighted by atomic mass is 16.5. The molecular weight excluding hydrogens is 250 g/mol. The van der Waals surface area contributed by atoms with Crippen molar-refractivity contribution in [3.05, 3.63) is 29.3 Å². The van der Waals surface area contributed by atoms with E-state index in [0.29, 0.717) is 18.0 Å². The van der Waals surface area contributed by atoms with Crippen LogP contribution in [-0.2, 0) is 0 Å². The van der Waals surface area contributed by atoms with Crippen LogP contribution in [0.25, 0.3) is 0 Å². The van der Waals surface area contributed by atoms with Gasteiger partial charge in [0.25, 0.3) is 0 Å². The van der Waals surface area contributed by atoms with Crippen molar-refractivity contribution in [1.82, 2.24) is 5.32 Å². The van der Waals surface area contributed by atoms with Crippen molar-refractivity contribution in [2.75, 3.05) is 13.2 Å². The molecule has 3 nitrogen and oxygen atoms in total. The predicted molar refractivity (Wildman–Crippen MR) is 82.2 cm³/mol. The number of fused-ring (bicyclic) bond motifs is 1. The summed E-state index contributed by atoms with van der Waals surface area (Å²) >= 11 is 0. The van der Waals surface area contributed by atoms with E-state index in [-0.39, 0.29) is 12.5 Å². The molecule has 1 heterocycles. The van der Waals surface area contributed by atoms with Crippen LogP contribution in [0.3, 0.4) is 0 Å². The van der Waals surface area contributed by atoms with E-state index in [4.69, 9.17) is 4.74 Å². The number of aliphatic hydroxyl groups is 1. The molecule has 3 unspecified atom stereocenters. The van der Waals surface area contributed by atoms with Gasteiger partial charge in [0, 0.05) is 30.7 Å². The largest absolute Gasteiger partial charge is 0.493 e. The Labute approximate surface area is 122 Å². The third kappa shape index (κ3) is 3.15. The summed E-state index contributed by atoms with van der Waals surface area (Å²) < 4.78 is 5.93. The normalized spacial score (nSPS) is 21.2. The molecule has 3 heteroatoms. The van der Waals surface area contributed by atoms with Gasteiger partial charge in [-0.3, -0.25) is 0 Å². The Morgan fingerprint density at radius 1 is 1.30 bits per heavy atom. The number of rotatable bonds is 5. The number of benzene rings is 1. The van der Waals surface area contributed by atoms with Crippen molar-refractivity contribution in [2.24, 2.45) is 5.92 Å². The molecule has 0 saturated carbocycles. The van der Waals surface area contributed by atoms with E-state index in [0.717, 1.165) is 18.8 Å². The van der Waals surface area contributed by atoms with Crippen LogP contribution >= 0.6 is 0 Å². The Bertz CT molecular complexity index is 445. The number of aliphatic hydroxyl groups excluding tert-OH is 1. The van der Waals surface area contributed by atoms with Gasteiger partial charge < -0.3 is 15.2 Å². The van der Waals surface area contributed by atoms with Crippen LogP contribution in [0.5, 0.6) is 5.75 Å². The zero-order valence-corrected chi connectivity index (χ0v) is 13.0. The van der Waals surface area contributed by atoms with Crippen LogP contribution in [0, 0.1) is 5.92 Å². The van der Waals surface area contributed by atoms with E-state index in [1.165, 1.54) is 11.1 Å². The quantitative estimate of drug-likeness (QED) is 0.868. The van der Waals surface area contributed by atoms with Crippen LogP contribution in [0.15, 0.2) is 18.2 Å². The topological polar surface area (TPSA) is 41.5 Å². The summed E-state index contributed by atoms with van der Waals surface area (Å²) in [5.41, 5.74) is 2.55. The SMILES string of the molecule is CC(C)c1cccc2c1OCCC2NC(C)C(C)CO. The molecule has 2 N–H and O–H groups in total. The Morgan fingerprint density at radius 2 is 2.05 bits per heavy atom. The fraction of sp³-hybridized carbons (Fsp3) is 0.647. The molecule has 112 valence electrons. The summed E-state index contributed by atoms with van der Waals surface area (Å²) in [4.78, 5) is 0. The minimum absolute atomic E-state index is 0.219. The molecule has 1 aromatic rings. The fourth-order valence-electron chi connectivity index (χ4n) is 2.72. The zero-order chi connectivity index (χ0) is 14.7. The van der Waals surface area contributed by atoms with Crippen LogP contribution in [0.1, 0.15) is 57.2 Å². The van der Waals surface area contributed by atoms with E-state index in [2.05, 4.69) is 51.2 Å². The minimum Gasteiger partial charge on any atom is -0.493 e. The molecule has 2 rings (SSSR count). The average Bonchev–Trinajstić information content (AvgIpc) is 2.45. The van der Waals surface area contributed by atoms with Crippen LogP contribution < -0.4 is 10.1 Å². The summed E-state index contributed by atoms with van der Waals surface area (Å²) in [5.74, 6) is 1.79. The lowest BCUT2D eigenvalue weighted by atomic mass is 9.92. The lowest BCUT2D eigenvalue weighted by Crippen LogP contribution is -2.38. The van der Waals surface area contributed by atoms with Gasteiger partial charge in [0.15, 0.2) is 0 Å². The number of para-hydroxylation sites is 1. The number of ether oxygens (including phenoxy) is 1. The molecule has 0 aliphatic carbocycles. The Hall–Kier alpha value is -1.06. The first-order valence-electron chi connectivity index (χ1n) is 7.67. The molecule has 3 atom stereocenters. The van der Waals surface area contributed by atoms with Gasteiger partial charge >= 0.3 is 0 Å². The molecule has 1 aromatic carbocycles. The maximum atomic E-state index is 9.28. The van der Waals surface area contributed by atoms with Gasteiger partial charge in [-0.25, -0.2) is 0 Å². The molecule has 0 spiro atoms. The van der Waals surface area contributed by atoms with Crippen molar-refractivity contribution in [1.29, 1.82) is 0 Å². The second kappa shape index (κ2) is 6.59. The zero-order valence-electron chi connectivity index (χ0n) is 13.0. The third-order valence-corrected chi connectivity index (χ3v) is 4.33.